The Balaban J connectivity index is 1.64. The molecule has 0 saturated heterocycles. The molecule has 0 aromatic heterocycles. The number of rotatable bonds is 11. The molecule has 0 spiro atoms. The number of anilines is 1. The quantitative estimate of drug-likeness (QED) is 0.368. The summed E-state index contributed by atoms with van der Waals surface area (Å²) in [5.41, 5.74) is 4.62. The van der Waals surface area contributed by atoms with Crippen LogP contribution in [0.4, 0.5) is 5.69 Å². The number of hydrogen-bond acceptors (Lipinski definition) is 4. The molecule has 7 heteroatoms. The summed E-state index contributed by atoms with van der Waals surface area (Å²) in [6.45, 7) is 5.98. The minimum absolute atomic E-state index is 0.169. The molecule has 0 radical (unpaired) electrons. The number of carbonyl (C=O) groups excluding carboxylic acids is 1. The van der Waals surface area contributed by atoms with Crippen molar-refractivity contribution >= 4 is 33.4 Å². The maximum absolute atomic E-state index is 13.5. The van der Waals surface area contributed by atoms with Crippen LogP contribution in [0.5, 0.6) is 0 Å². The monoisotopic (exact) mass is 496 g/mol. The Bertz CT molecular complexity index is 1170. The molecule has 3 aromatic rings. The number of aryl methyl sites for hydroxylation is 3. The maximum atomic E-state index is 13.5. The second kappa shape index (κ2) is 12.1. The first-order chi connectivity index (χ1) is 16.3. The molecule has 0 aliphatic heterocycles. The molecule has 0 saturated carbocycles. The summed E-state index contributed by atoms with van der Waals surface area (Å²) in [5.74, 6) is 1.53. The Morgan fingerprint density at radius 1 is 0.882 bits per heavy atom. The van der Waals surface area contributed by atoms with E-state index in [0.717, 1.165) is 34.6 Å². The summed E-state index contributed by atoms with van der Waals surface area (Å²) in [6.07, 6.45) is 0.817. The minimum Gasteiger partial charge on any atom is -0.354 e. The predicted molar refractivity (Wildman–Crippen MR) is 142 cm³/mol. The van der Waals surface area contributed by atoms with E-state index in [2.05, 4.69) is 17.4 Å². The Morgan fingerprint density at radius 2 is 1.53 bits per heavy atom. The van der Waals surface area contributed by atoms with Crippen molar-refractivity contribution in [2.75, 3.05) is 23.1 Å². The molecule has 3 aromatic carbocycles. The minimum atomic E-state index is -3.90. The van der Waals surface area contributed by atoms with Gasteiger partial charge in [0.05, 0.1) is 10.6 Å². The molecule has 0 aliphatic rings. The molecule has 0 unspecified atom stereocenters. The van der Waals surface area contributed by atoms with Crippen LogP contribution in [0.15, 0.2) is 77.7 Å². The highest BCUT2D eigenvalue weighted by Gasteiger charge is 2.27. The van der Waals surface area contributed by atoms with E-state index in [4.69, 9.17) is 0 Å². The van der Waals surface area contributed by atoms with E-state index in [-0.39, 0.29) is 17.3 Å². The van der Waals surface area contributed by atoms with E-state index >= 15 is 0 Å². The van der Waals surface area contributed by atoms with Gasteiger partial charge in [-0.3, -0.25) is 9.10 Å². The number of nitrogens with one attached hydrogen (secondary N) is 1. The van der Waals surface area contributed by atoms with Crippen LogP contribution in [0.25, 0.3) is 0 Å². The number of benzene rings is 3. The van der Waals surface area contributed by atoms with Crippen molar-refractivity contribution in [1.29, 1.82) is 0 Å². The third-order valence-electron chi connectivity index (χ3n) is 5.29. The average Bonchev–Trinajstić information content (AvgIpc) is 2.80. The van der Waals surface area contributed by atoms with E-state index in [0.29, 0.717) is 12.2 Å². The molecule has 0 heterocycles. The fourth-order valence-corrected chi connectivity index (χ4v) is 5.93. The molecule has 3 rings (SSSR count). The van der Waals surface area contributed by atoms with E-state index in [9.17, 15) is 13.2 Å². The Hall–Kier alpha value is -2.77. The van der Waals surface area contributed by atoms with Crippen molar-refractivity contribution < 1.29 is 13.2 Å². The van der Waals surface area contributed by atoms with Crippen LogP contribution in [0.3, 0.4) is 0 Å². The summed E-state index contributed by atoms with van der Waals surface area (Å²) in [4.78, 5) is 12.9. The number of sulfonamides is 1. The molecule has 1 N–H and O–H groups in total. The Morgan fingerprint density at radius 3 is 2.18 bits per heavy atom. The van der Waals surface area contributed by atoms with Gasteiger partial charge in [0.1, 0.15) is 6.54 Å². The highest BCUT2D eigenvalue weighted by atomic mass is 32.2. The molecule has 34 heavy (non-hydrogen) atoms. The van der Waals surface area contributed by atoms with Gasteiger partial charge in [-0.25, -0.2) is 8.42 Å². The lowest BCUT2D eigenvalue weighted by Crippen LogP contribution is -2.41. The number of carbonyl (C=O) groups is 1. The van der Waals surface area contributed by atoms with Gasteiger partial charge in [0.2, 0.25) is 5.91 Å². The smallest absolute Gasteiger partial charge is 0.264 e. The van der Waals surface area contributed by atoms with Crippen LogP contribution in [-0.4, -0.2) is 33.2 Å². The van der Waals surface area contributed by atoms with Crippen LogP contribution in [0, 0.1) is 20.8 Å². The largest absolute Gasteiger partial charge is 0.354 e. The fraction of sp³-hybridized carbons (Fsp3) is 0.296. The maximum Gasteiger partial charge on any atom is 0.264 e. The molecule has 0 bridgehead atoms. The first-order valence-corrected chi connectivity index (χ1v) is 13.9. The molecule has 5 nitrogen and oxygen atoms in total. The zero-order chi connectivity index (χ0) is 24.6. The summed E-state index contributed by atoms with van der Waals surface area (Å²) in [6, 6.07) is 22.5. The SMILES string of the molecule is Cc1ccc(S(=O)(=O)N(CC(=O)NCCCSCc2ccccc2)c2cc(C)cc(C)c2)cc1. The first-order valence-electron chi connectivity index (χ1n) is 11.3. The normalized spacial score (nSPS) is 11.3. The summed E-state index contributed by atoms with van der Waals surface area (Å²) in [7, 11) is -3.90. The van der Waals surface area contributed by atoms with Gasteiger partial charge in [-0.15, -0.1) is 0 Å². The van der Waals surface area contributed by atoms with Crippen molar-refractivity contribution in [3.05, 3.63) is 95.1 Å². The van der Waals surface area contributed by atoms with Gasteiger partial charge in [0, 0.05) is 12.3 Å². The van der Waals surface area contributed by atoms with Crippen LogP contribution in [0.2, 0.25) is 0 Å². The van der Waals surface area contributed by atoms with Gasteiger partial charge in [-0.2, -0.15) is 11.8 Å². The van der Waals surface area contributed by atoms with Gasteiger partial charge in [-0.1, -0.05) is 54.1 Å². The number of thioether (sulfide) groups is 1. The number of hydrogen-bond donors (Lipinski definition) is 1. The number of amides is 1. The van der Waals surface area contributed by atoms with Gasteiger partial charge < -0.3 is 5.32 Å². The van der Waals surface area contributed by atoms with Crippen molar-refractivity contribution in [1.82, 2.24) is 5.32 Å². The van der Waals surface area contributed by atoms with Gasteiger partial charge in [0.25, 0.3) is 10.0 Å². The van der Waals surface area contributed by atoms with E-state index in [1.165, 1.54) is 9.87 Å². The standard InChI is InChI=1S/C27H32N2O3S2/c1-21-10-12-26(13-11-21)34(31,32)29(25-17-22(2)16-23(3)18-25)19-27(30)28-14-7-15-33-20-24-8-5-4-6-9-24/h4-6,8-13,16-18H,7,14-15,19-20H2,1-3H3,(H,28,30). The van der Waals surface area contributed by atoms with Crippen molar-refractivity contribution in [2.24, 2.45) is 0 Å². The number of nitrogens with zero attached hydrogens (tertiary/aromatic N) is 1. The van der Waals surface area contributed by atoms with Crippen molar-refractivity contribution in [3.63, 3.8) is 0 Å². The van der Waals surface area contributed by atoms with E-state index in [1.54, 1.807) is 36.4 Å². The third kappa shape index (κ3) is 7.37. The predicted octanol–water partition coefficient (Wildman–Crippen LogP) is 5.25. The molecule has 1 amide bonds. The zero-order valence-electron chi connectivity index (χ0n) is 20.0. The van der Waals surface area contributed by atoms with Crippen LogP contribution < -0.4 is 9.62 Å². The summed E-state index contributed by atoms with van der Waals surface area (Å²) < 4.78 is 28.2. The third-order valence-corrected chi connectivity index (χ3v) is 8.19. The molecule has 180 valence electrons. The van der Waals surface area contributed by atoms with Crippen LogP contribution >= 0.6 is 11.8 Å². The second-order valence-electron chi connectivity index (χ2n) is 8.41. The highest BCUT2D eigenvalue weighted by Crippen LogP contribution is 2.26. The Kier molecular flexibility index (Phi) is 9.19. The topological polar surface area (TPSA) is 66.5 Å². The summed E-state index contributed by atoms with van der Waals surface area (Å²) >= 11 is 1.82. The lowest BCUT2D eigenvalue weighted by Gasteiger charge is -2.25. The molecule has 0 aliphatic carbocycles. The lowest BCUT2D eigenvalue weighted by molar-refractivity contribution is -0.119. The molecule has 0 fully saturated rings. The first kappa shape index (κ1) is 25.8. The van der Waals surface area contributed by atoms with Crippen LogP contribution in [0.1, 0.15) is 28.7 Å². The van der Waals surface area contributed by atoms with E-state index in [1.807, 2.05) is 56.8 Å². The van der Waals surface area contributed by atoms with Gasteiger partial charge in [0.15, 0.2) is 0 Å². The van der Waals surface area contributed by atoms with Gasteiger partial charge >= 0.3 is 0 Å². The average molecular weight is 497 g/mol. The molecule has 0 atom stereocenters. The Labute approximate surface area is 207 Å². The second-order valence-corrected chi connectivity index (χ2v) is 11.4. The zero-order valence-corrected chi connectivity index (χ0v) is 21.6. The highest BCUT2D eigenvalue weighted by molar-refractivity contribution is 7.98. The van der Waals surface area contributed by atoms with Crippen LogP contribution in [-0.2, 0) is 20.6 Å². The molecular formula is C27H32N2O3S2. The van der Waals surface area contributed by atoms with Gasteiger partial charge in [-0.05, 0) is 73.9 Å². The fourth-order valence-electron chi connectivity index (χ4n) is 3.60. The summed E-state index contributed by atoms with van der Waals surface area (Å²) in [5, 5.41) is 2.89. The van der Waals surface area contributed by atoms with Crippen molar-refractivity contribution in [3.8, 4) is 0 Å². The lowest BCUT2D eigenvalue weighted by atomic mass is 10.1. The molecular weight excluding hydrogens is 464 g/mol. The van der Waals surface area contributed by atoms with E-state index < -0.39 is 10.0 Å². The van der Waals surface area contributed by atoms with Crippen molar-refractivity contribution in [2.45, 2.75) is 37.8 Å².